The highest BCUT2D eigenvalue weighted by atomic mass is 16.5. The third-order valence-corrected chi connectivity index (χ3v) is 5.40. The zero-order valence-electron chi connectivity index (χ0n) is 19.6. The van der Waals surface area contributed by atoms with Crippen molar-refractivity contribution in [1.29, 1.82) is 0 Å². The maximum absolute atomic E-state index is 12.9. The zero-order valence-corrected chi connectivity index (χ0v) is 19.6. The topological polar surface area (TPSA) is 96.5 Å². The standard InChI is InChI=1S/C27H29N3O4/c1-4-18(2)29-26(32)21-9-7-8-19(16-21)17-28-27(33)23-10-5-6-11-24(23)30-25(31)20-12-14-22(34-3)15-13-20/h5-16,18H,4,17H2,1-3H3,(H,28,33)(H,29,32)(H,30,31). The Morgan fingerprint density at radius 2 is 1.59 bits per heavy atom. The van der Waals surface area contributed by atoms with Gasteiger partial charge in [-0.1, -0.05) is 31.2 Å². The maximum Gasteiger partial charge on any atom is 0.255 e. The van der Waals surface area contributed by atoms with Gasteiger partial charge in [0.1, 0.15) is 5.75 Å². The van der Waals surface area contributed by atoms with E-state index in [0.29, 0.717) is 28.1 Å². The van der Waals surface area contributed by atoms with E-state index >= 15 is 0 Å². The molecule has 176 valence electrons. The fraction of sp³-hybridized carbons (Fsp3) is 0.222. The molecular formula is C27H29N3O4. The van der Waals surface area contributed by atoms with Crippen LogP contribution in [0.4, 0.5) is 5.69 Å². The third-order valence-electron chi connectivity index (χ3n) is 5.40. The molecule has 0 radical (unpaired) electrons. The molecule has 0 heterocycles. The van der Waals surface area contributed by atoms with E-state index in [1.54, 1.807) is 73.8 Å². The summed E-state index contributed by atoms with van der Waals surface area (Å²) in [6.07, 6.45) is 0.843. The summed E-state index contributed by atoms with van der Waals surface area (Å²) in [5.41, 5.74) is 2.53. The highest BCUT2D eigenvalue weighted by Gasteiger charge is 2.15. The summed E-state index contributed by atoms with van der Waals surface area (Å²) in [5, 5.41) is 8.60. The van der Waals surface area contributed by atoms with Gasteiger partial charge in [-0.05, 0) is 67.4 Å². The van der Waals surface area contributed by atoms with Gasteiger partial charge in [-0.15, -0.1) is 0 Å². The summed E-state index contributed by atoms with van der Waals surface area (Å²) in [6, 6.07) is 20.7. The lowest BCUT2D eigenvalue weighted by Crippen LogP contribution is -2.32. The van der Waals surface area contributed by atoms with Crippen LogP contribution < -0.4 is 20.7 Å². The molecule has 0 spiro atoms. The van der Waals surface area contributed by atoms with Gasteiger partial charge in [0.05, 0.1) is 18.4 Å². The molecular weight excluding hydrogens is 430 g/mol. The van der Waals surface area contributed by atoms with Gasteiger partial charge in [-0.2, -0.15) is 0 Å². The Labute approximate surface area is 199 Å². The van der Waals surface area contributed by atoms with Crippen LogP contribution in [0, 0.1) is 0 Å². The Bertz CT molecular complexity index is 1160. The van der Waals surface area contributed by atoms with Gasteiger partial charge >= 0.3 is 0 Å². The highest BCUT2D eigenvalue weighted by molar-refractivity contribution is 6.09. The van der Waals surface area contributed by atoms with Crippen LogP contribution in [0.25, 0.3) is 0 Å². The minimum atomic E-state index is -0.333. The number of carbonyl (C=O) groups excluding carboxylic acids is 3. The molecule has 0 aliphatic heterocycles. The Morgan fingerprint density at radius 3 is 2.29 bits per heavy atom. The summed E-state index contributed by atoms with van der Waals surface area (Å²) < 4.78 is 5.12. The van der Waals surface area contributed by atoms with Gasteiger partial charge < -0.3 is 20.7 Å². The van der Waals surface area contributed by atoms with Crippen LogP contribution in [0.3, 0.4) is 0 Å². The van der Waals surface area contributed by atoms with Crippen LogP contribution in [0.1, 0.15) is 56.9 Å². The van der Waals surface area contributed by atoms with E-state index in [0.717, 1.165) is 12.0 Å². The van der Waals surface area contributed by atoms with Crippen molar-refractivity contribution in [2.45, 2.75) is 32.9 Å². The van der Waals surface area contributed by atoms with Gasteiger partial charge in [0.2, 0.25) is 0 Å². The van der Waals surface area contributed by atoms with E-state index in [-0.39, 0.29) is 30.3 Å². The summed E-state index contributed by atoms with van der Waals surface area (Å²) in [4.78, 5) is 37.9. The largest absolute Gasteiger partial charge is 0.497 e. The summed E-state index contributed by atoms with van der Waals surface area (Å²) in [5.74, 6) is -0.158. The number of nitrogens with one attached hydrogen (secondary N) is 3. The fourth-order valence-corrected chi connectivity index (χ4v) is 3.24. The molecule has 34 heavy (non-hydrogen) atoms. The number of hydrogen-bond donors (Lipinski definition) is 3. The number of rotatable bonds is 9. The molecule has 3 N–H and O–H groups in total. The second-order valence-corrected chi connectivity index (χ2v) is 7.89. The maximum atomic E-state index is 12.9. The van der Waals surface area contributed by atoms with Gasteiger partial charge in [0.15, 0.2) is 0 Å². The second kappa shape index (κ2) is 11.7. The second-order valence-electron chi connectivity index (χ2n) is 7.89. The number of hydrogen-bond acceptors (Lipinski definition) is 4. The van der Waals surface area contributed by atoms with Crippen LogP contribution >= 0.6 is 0 Å². The molecule has 0 saturated heterocycles. The van der Waals surface area contributed by atoms with E-state index < -0.39 is 0 Å². The van der Waals surface area contributed by atoms with Gasteiger partial charge in [-0.3, -0.25) is 14.4 Å². The number of carbonyl (C=O) groups is 3. The summed E-state index contributed by atoms with van der Waals surface area (Å²) >= 11 is 0. The molecule has 0 aliphatic rings. The molecule has 3 amide bonds. The molecule has 7 nitrogen and oxygen atoms in total. The molecule has 0 bridgehead atoms. The van der Waals surface area contributed by atoms with Crippen molar-refractivity contribution in [3.8, 4) is 5.75 Å². The highest BCUT2D eigenvalue weighted by Crippen LogP contribution is 2.18. The number of methoxy groups -OCH3 is 1. The van der Waals surface area contributed by atoms with E-state index in [1.807, 2.05) is 19.9 Å². The quantitative estimate of drug-likeness (QED) is 0.442. The first-order chi connectivity index (χ1) is 16.4. The molecule has 0 fully saturated rings. The first-order valence-corrected chi connectivity index (χ1v) is 11.1. The predicted octanol–water partition coefficient (Wildman–Crippen LogP) is 4.41. The summed E-state index contributed by atoms with van der Waals surface area (Å²) in [7, 11) is 1.56. The predicted molar refractivity (Wildman–Crippen MR) is 132 cm³/mol. The molecule has 0 saturated carbocycles. The first-order valence-electron chi connectivity index (χ1n) is 11.1. The van der Waals surface area contributed by atoms with E-state index in [4.69, 9.17) is 4.74 Å². The van der Waals surface area contributed by atoms with Crippen LogP contribution in [-0.2, 0) is 6.54 Å². The normalized spacial score (nSPS) is 11.3. The lowest BCUT2D eigenvalue weighted by atomic mass is 10.1. The van der Waals surface area contributed by atoms with Crippen LogP contribution in [0.15, 0.2) is 72.8 Å². The van der Waals surface area contributed by atoms with E-state index in [2.05, 4.69) is 16.0 Å². The smallest absolute Gasteiger partial charge is 0.255 e. The van der Waals surface area contributed by atoms with Gasteiger partial charge in [0.25, 0.3) is 17.7 Å². The van der Waals surface area contributed by atoms with E-state index in [9.17, 15) is 14.4 Å². The van der Waals surface area contributed by atoms with Crippen LogP contribution in [0.5, 0.6) is 5.75 Å². The Morgan fingerprint density at radius 1 is 0.853 bits per heavy atom. The molecule has 3 aromatic rings. The Hall–Kier alpha value is -4.13. The summed E-state index contributed by atoms with van der Waals surface area (Å²) in [6.45, 7) is 4.20. The van der Waals surface area contributed by atoms with Crippen LogP contribution in [-0.4, -0.2) is 30.9 Å². The lowest BCUT2D eigenvalue weighted by Gasteiger charge is -2.13. The zero-order chi connectivity index (χ0) is 24.5. The van der Waals surface area contributed by atoms with Crippen molar-refractivity contribution in [2.75, 3.05) is 12.4 Å². The minimum absolute atomic E-state index is 0.0838. The number of para-hydroxylation sites is 1. The Kier molecular flexibility index (Phi) is 8.40. The first kappa shape index (κ1) is 24.5. The number of amides is 3. The average molecular weight is 460 g/mol. The molecule has 7 heteroatoms. The van der Waals surface area contributed by atoms with Crippen molar-refractivity contribution in [3.05, 3.63) is 95.1 Å². The van der Waals surface area contributed by atoms with Gasteiger partial charge in [-0.25, -0.2) is 0 Å². The molecule has 3 rings (SSSR count). The molecule has 0 aromatic heterocycles. The monoisotopic (exact) mass is 459 g/mol. The van der Waals surface area contributed by atoms with Gasteiger partial charge in [0, 0.05) is 23.7 Å². The lowest BCUT2D eigenvalue weighted by molar-refractivity contribution is 0.0936. The van der Waals surface area contributed by atoms with Crippen molar-refractivity contribution >= 4 is 23.4 Å². The molecule has 1 atom stereocenters. The number of anilines is 1. The molecule has 0 aliphatic carbocycles. The molecule has 3 aromatic carbocycles. The van der Waals surface area contributed by atoms with Crippen molar-refractivity contribution in [2.24, 2.45) is 0 Å². The fourth-order valence-electron chi connectivity index (χ4n) is 3.24. The Balaban J connectivity index is 1.66. The molecule has 1 unspecified atom stereocenters. The number of ether oxygens (including phenoxy) is 1. The average Bonchev–Trinajstić information content (AvgIpc) is 2.87. The van der Waals surface area contributed by atoms with E-state index in [1.165, 1.54) is 0 Å². The third kappa shape index (κ3) is 6.45. The minimum Gasteiger partial charge on any atom is -0.497 e. The SMILES string of the molecule is CCC(C)NC(=O)c1cccc(CNC(=O)c2ccccc2NC(=O)c2ccc(OC)cc2)c1. The van der Waals surface area contributed by atoms with Crippen molar-refractivity contribution in [3.63, 3.8) is 0 Å². The van der Waals surface area contributed by atoms with Crippen molar-refractivity contribution in [1.82, 2.24) is 10.6 Å². The van der Waals surface area contributed by atoms with Crippen LogP contribution in [0.2, 0.25) is 0 Å². The number of benzene rings is 3. The van der Waals surface area contributed by atoms with Crippen molar-refractivity contribution < 1.29 is 19.1 Å².